The van der Waals surface area contributed by atoms with Gasteiger partial charge in [0.05, 0.1) is 0 Å². The number of hydrogen-bond acceptors (Lipinski definition) is 2. The maximum atomic E-state index is 12.1. The predicted molar refractivity (Wildman–Crippen MR) is 65.5 cm³/mol. The SMILES string of the molecule is O=C1c2ccccc2C(=O)c2ccccc21.[Bi]. The van der Waals surface area contributed by atoms with Gasteiger partial charge in [0.15, 0.2) is 11.6 Å². The molecule has 0 heterocycles. The van der Waals surface area contributed by atoms with Crippen LogP contribution in [0.4, 0.5) is 0 Å². The molecule has 1 aliphatic rings. The molecule has 0 atom stereocenters. The summed E-state index contributed by atoms with van der Waals surface area (Å²) in [5.74, 6) is -0.128. The Kier molecular flexibility index (Phi) is 3.21. The summed E-state index contributed by atoms with van der Waals surface area (Å²) in [6, 6.07) is 13.9. The van der Waals surface area contributed by atoms with E-state index in [2.05, 4.69) is 0 Å². The van der Waals surface area contributed by atoms with Gasteiger partial charge in [0.25, 0.3) is 0 Å². The number of ketones is 2. The quantitative estimate of drug-likeness (QED) is 0.525. The van der Waals surface area contributed by atoms with Crippen molar-refractivity contribution < 1.29 is 9.59 Å². The average molecular weight is 417 g/mol. The number of benzene rings is 2. The average Bonchev–Trinajstić information content (AvgIpc) is 2.36. The molecule has 0 saturated carbocycles. The van der Waals surface area contributed by atoms with E-state index in [1.54, 1.807) is 48.5 Å². The Morgan fingerprint density at radius 2 is 0.765 bits per heavy atom. The van der Waals surface area contributed by atoms with Crippen LogP contribution in [0.2, 0.25) is 0 Å². The van der Waals surface area contributed by atoms with Crippen molar-refractivity contribution in [2.75, 3.05) is 0 Å². The van der Waals surface area contributed by atoms with E-state index in [9.17, 15) is 9.59 Å². The largest absolute Gasteiger partial charge is 0.289 e. The van der Waals surface area contributed by atoms with Crippen molar-refractivity contribution in [3.05, 3.63) is 70.8 Å². The topological polar surface area (TPSA) is 34.1 Å². The Morgan fingerprint density at radius 1 is 0.529 bits per heavy atom. The van der Waals surface area contributed by atoms with Crippen molar-refractivity contribution in [3.8, 4) is 0 Å². The second-order valence-electron chi connectivity index (χ2n) is 3.75. The van der Waals surface area contributed by atoms with Crippen molar-refractivity contribution in [1.29, 1.82) is 0 Å². The third kappa shape index (κ3) is 1.75. The van der Waals surface area contributed by atoms with Crippen LogP contribution in [0.5, 0.6) is 0 Å². The molecule has 0 aromatic heterocycles. The molecule has 17 heavy (non-hydrogen) atoms. The van der Waals surface area contributed by atoms with Crippen LogP contribution in [0.15, 0.2) is 48.5 Å². The zero-order chi connectivity index (χ0) is 11.1. The van der Waals surface area contributed by atoms with Gasteiger partial charge in [-0.3, -0.25) is 9.59 Å². The van der Waals surface area contributed by atoms with Gasteiger partial charge in [-0.2, -0.15) is 0 Å². The van der Waals surface area contributed by atoms with E-state index in [0.29, 0.717) is 22.3 Å². The Bertz CT molecular complexity index is 512. The molecule has 0 unspecified atom stereocenters. The van der Waals surface area contributed by atoms with Crippen LogP contribution < -0.4 is 0 Å². The van der Waals surface area contributed by atoms with E-state index < -0.39 is 0 Å². The van der Waals surface area contributed by atoms with Crippen LogP contribution in [0.25, 0.3) is 0 Å². The van der Waals surface area contributed by atoms with Gasteiger partial charge in [-0.25, -0.2) is 0 Å². The molecule has 2 aromatic carbocycles. The number of hydrogen-bond donors (Lipinski definition) is 0. The molecule has 1 aliphatic carbocycles. The first kappa shape index (κ1) is 12.1. The van der Waals surface area contributed by atoms with Gasteiger partial charge in [-0.15, -0.1) is 0 Å². The Labute approximate surface area is 118 Å². The minimum atomic E-state index is -0.0641. The van der Waals surface area contributed by atoms with Crippen molar-refractivity contribution in [2.45, 2.75) is 0 Å². The fourth-order valence-electron chi connectivity index (χ4n) is 2.05. The maximum absolute atomic E-state index is 12.1. The summed E-state index contributed by atoms with van der Waals surface area (Å²) in [4.78, 5) is 24.2. The van der Waals surface area contributed by atoms with Crippen molar-refractivity contribution in [3.63, 3.8) is 0 Å². The zero-order valence-electron chi connectivity index (χ0n) is 8.88. The van der Waals surface area contributed by atoms with Crippen LogP contribution in [-0.4, -0.2) is 37.8 Å². The summed E-state index contributed by atoms with van der Waals surface area (Å²) in [7, 11) is 0. The second kappa shape index (κ2) is 4.50. The minimum Gasteiger partial charge on any atom is -0.289 e. The standard InChI is InChI=1S/C14H8O2.Bi/c15-13-9-5-1-2-6-10(9)14(16)12-8-4-3-7-11(12)13;/h1-8H;. The van der Waals surface area contributed by atoms with Gasteiger partial charge in [0, 0.05) is 48.5 Å². The van der Waals surface area contributed by atoms with Crippen molar-refractivity contribution in [1.82, 2.24) is 0 Å². The molecule has 0 aliphatic heterocycles. The van der Waals surface area contributed by atoms with E-state index >= 15 is 0 Å². The van der Waals surface area contributed by atoms with Gasteiger partial charge < -0.3 is 0 Å². The van der Waals surface area contributed by atoms with E-state index in [4.69, 9.17) is 0 Å². The van der Waals surface area contributed by atoms with Crippen LogP contribution >= 0.6 is 0 Å². The number of rotatable bonds is 0. The molecule has 2 aromatic rings. The summed E-state index contributed by atoms with van der Waals surface area (Å²) in [6.07, 6.45) is 0. The number of carbonyl (C=O) groups is 2. The molecular formula is C14H8BiO2. The van der Waals surface area contributed by atoms with Gasteiger partial charge >= 0.3 is 0 Å². The summed E-state index contributed by atoms with van der Waals surface area (Å²) in [5, 5.41) is 0. The van der Waals surface area contributed by atoms with Gasteiger partial charge in [-0.1, -0.05) is 48.5 Å². The molecule has 3 radical (unpaired) electrons. The van der Waals surface area contributed by atoms with E-state index in [1.807, 2.05) is 0 Å². The molecule has 81 valence electrons. The Morgan fingerprint density at radius 3 is 1.00 bits per heavy atom. The predicted octanol–water partition coefficient (Wildman–Crippen LogP) is 2.08. The van der Waals surface area contributed by atoms with Gasteiger partial charge in [-0.05, 0) is 0 Å². The first-order valence-corrected chi connectivity index (χ1v) is 5.06. The minimum absolute atomic E-state index is 0. The Balaban J connectivity index is 0.00000108. The van der Waals surface area contributed by atoms with E-state index in [0.717, 1.165) is 0 Å². The fraction of sp³-hybridized carbons (Fsp3) is 0. The molecule has 2 nitrogen and oxygen atoms in total. The number of carbonyl (C=O) groups excluding carboxylic acids is 2. The first-order valence-electron chi connectivity index (χ1n) is 5.06. The summed E-state index contributed by atoms with van der Waals surface area (Å²) >= 11 is 0. The Hall–Kier alpha value is -1.34. The van der Waals surface area contributed by atoms with Crippen molar-refractivity contribution >= 4 is 37.8 Å². The number of fused-ring (bicyclic) bond motifs is 2. The molecule has 0 N–H and O–H groups in total. The van der Waals surface area contributed by atoms with Crippen LogP contribution in [0.3, 0.4) is 0 Å². The molecule has 3 heteroatoms. The van der Waals surface area contributed by atoms with Crippen LogP contribution in [0, 0.1) is 0 Å². The monoisotopic (exact) mass is 417 g/mol. The summed E-state index contributed by atoms with van der Waals surface area (Å²) in [6.45, 7) is 0. The fourth-order valence-corrected chi connectivity index (χ4v) is 2.05. The first-order chi connectivity index (χ1) is 7.79. The molecule has 3 rings (SSSR count). The maximum Gasteiger partial charge on any atom is 0.194 e. The smallest absolute Gasteiger partial charge is 0.194 e. The molecule has 0 spiro atoms. The molecule has 0 amide bonds. The molecule has 0 fully saturated rings. The van der Waals surface area contributed by atoms with Gasteiger partial charge in [0.2, 0.25) is 0 Å². The summed E-state index contributed by atoms with van der Waals surface area (Å²) in [5.41, 5.74) is 2.02. The van der Waals surface area contributed by atoms with E-state index in [-0.39, 0.29) is 37.8 Å². The molecular weight excluding hydrogens is 409 g/mol. The second-order valence-corrected chi connectivity index (χ2v) is 3.75. The van der Waals surface area contributed by atoms with Crippen LogP contribution in [0.1, 0.15) is 31.8 Å². The third-order valence-electron chi connectivity index (χ3n) is 2.83. The van der Waals surface area contributed by atoms with Crippen LogP contribution in [-0.2, 0) is 0 Å². The third-order valence-corrected chi connectivity index (χ3v) is 2.83. The molecule has 0 saturated heterocycles. The molecule has 0 bridgehead atoms. The van der Waals surface area contributed by atoms with Crippen molar-refractivity contribution in [2.24, 2.45) is 0 Å². The zero-order valence-corrected chi connectivity index (χ0v) is 12.4. The van der Waals surface area contributed by atoms with E-state index in [1.165, 1.54) is 0 Å². The normalized spacial score (nSPS) is 12.5. The van der Waals surface area contributed by atoms with Gasteiger partial charge in [0.1, 0.15) is 0 Å². The summed E-state index contributed by atoms with van der Waals surface area (Å²) < 4.78 is 0.